The highest BCUT2D eigenvalue weighted by Crippen LogP contribution is 2.30. The van der Waals surface area contributed by atoms with E-state index in [9.17, 15) is 28.8 Å². The molecule has 0 aliphatic rings. The second kappa shape index (κ2) is 31.0. The number of aryl methyl sites for hydroxylation is 4. The van der Waals surface area contributed by atoms with Gasteiger partial charge in [-0.25, -0.2) is 0 Å². The van der Waals surface area contributed by atoms with Gasteiger partial charge >= 0.3 is 0 Å². The van der Waals surface area contributed by atoms with Crippen molar-refractivity contribution in [3.8, 4) is 23.0 Å². The maximum atomic E-state index is 13.0. The lowest BCUT2D eigenvalue weighted by Gasteiger charge is -2.14. The van der Waals surface area contributed by atoms with E-state index in [0.717, 1.165) is 62.2 Å². The summed E-state index contributed by atoms with van der Waals surface area (Å²) >= 11 is 28.6. The highest BCUT2D eigenvalue weighted by atomic mass is 35.5. The number of amides is 3. The Morgan fingerprint density at radius 2 is 0.736 bits per heavy atom. The molecule has 0 saturated heterocycles. The second-order valence-electron chi connectivity index (χ2n) is 19.2. The minimum Gasteiger partial charge on any atom is -0.457 e. The first-order valence-corrected chi connectivity index (χ1v) is 28.1. The van der Waals surface area contributed by atoms with Crippen LogP contribution in [-0.4, -0.2) is 41.0 Å². The molecule has 0 unspecified atom stereocenters. The molecular weight excluding hydrogens is 1210 g/mol. The van der Waals surface area contributed by atoms with Gasteiger partial charge in [-0.15, -0.1) is 0 Å². The van der Waals surface area contributed by atoms with Crippen molar-refractivity contribution in [2.75, 3.05) is 51.2 Å². The Hall–Kier alpha value is -9.55. The fourth-order valence-electron chi connectivity index (χ4n) is 7.81. The molecule has 0 spiro atoms. The average molecular weight is 1270 g/mol. The fourth-order valence-corrected chi connectivity index (χ4v) is 8.99. The number of carbonyl (C=O) groups excluding carboxylic acids is 6. The largest absolute Gasteiger partial charge is 0.457 e. The molecule has 0 saturated carbocycles. The van der Waals surface area contributed by atoms with Crippen molar-refractivity contribution >= 4 is 137 Å². The van der Waals surface area contributed by atoms with Gasteiger partial charge in [0.1, 0.15) is 23.0 Å². The van der Waals surface area contributed by atoms with Crippen molar-refractivity contribution < 1.29 is 38.2 Å². The normalized spacial score (nSPS) is 10.2. The molecule has 0 atom stereocenters. The van der Waals surface area contributed by atoms with Crippen LogP contribution in [0.3, 0.4) is 0 Å². The van der Waals surface area contributed by atoms with Gasteiger partial charge in [-0.2, -0.15) is 0 Å². The summed E-state index contributed by atoms with van der Waals surface area (Å²) in [6, 6.07) is 48.8. The van der Waals surface area contributed by atoms with Crippen LogP contribution in [0.1, 0.15) is 91.3 Å². The first-order valence-electron chi connectivity index (χ1n) is 26.2. The number of nitrogens with two attached hydrogens (primary N) is 4. The monoisotopic (exact) mass is 1270 g/mol. The third-order valence-electron chi connectivity index (χ3n) is 12.7. The van der Waals surface area contributed by atoms with Crippen LogP contribution in [0.25, 0.3) is 0 Å². The molecule has 9 aromatic carbocycles. The SMILES string of the molecule is CNc1cc(C)c(NC(=O)c2ccc(C(=O)Nc3ccc(Oc4ccc(NC(=O)c5ccc(C(C)=O)c(Cl)c5)cc4)cc3)c(Cl)c2)cc1C.Cc1cc(N)c(C)cc1N.Nc1ccc(Oc2ccc(N)cc2)cc1.O=C(Cl)c1ccc(C(=O)Cl)c(Cl)c1. The number of hydrogen-bond donors (Lipinski definition) is 8. The lowest BCUT2D eigenvalue weighted by molar-refractivity contribution is 0.100. The number of ether oxygens (including phenoxy) is 2. The van der Waals surface area contributed by atoms with Gasteiger partial charge in [-0.05, 0) is 256 Å². The van der Waals surface area contributed by atoms with Gasteiger partial charge in [0.25, 0.3) is 28.2 Å². The van der Waals surface area contributed by atoms with E-state index in [4.69, 9.17) is 90.4 Å². The highest BCUT2D eigenvalue weighted by molar-refractivity contribution is 6.69. The zero-order valence-electron chi connectivity index (χ0n) is 47.7. The number of ketones is 1. The number of anilines is 8. The van der Waals surface area contributed by atoms with Gasteiger partial charge in [0, 0.05) is 74.8 Å². The van der Waals surface area contributed by atoms with Crippen LogP contribution >= 0.6 is 58.0 Å². The van der Waals surface area contributed by atoms with E-state index >= 15 is 0 Å². The topological polar surface area (TPSA) is 273 Å². The van der Waals surface area contributed by atoms with E-state index in [1.807, 2.05) is 83.3 Å². The first kappa shape index (κ1) is 66.6. The molecule has 87 heavy (non-hydrogen) atoms. The molecule has 0 radical (unpaired) electrons. The molecule has 0 heterocycles. The molecule has 21 heteroatoms. The van der Waals surface area contributed by atoms with Crippen LogP contribution in [-0.2, 0) is 0 Å². The third kappa shape index (κ3) is 19.5. The summed E-state index contributed by atoms with van der Waals surface area (Å²) in [5.41, 5.74) is 33.8. The van der Waals surface area contributed by atoms with Crippen LogP contribution < -0.4 is 53.7 Å². The van der Waals surface area contributed by atoms with Crippen LogP contribution in [0.15, 0.2) is 176 Å². The Balaban J connectivity index is 0.000000253. The van der Waals surface area contributed by atoms with E-state index in [1.165, 1.54) is 49.4 Å². The van der Waals surface area contributed by atoms with Gasteiger partial charge in [0.2, 0.25) is 0 Å². The molecule has 0 aromatic heterocycles. The fraction of sp³-hybridized carbons (Fsp3) is 0.0909. The van der Waals surface area contributed by atoms with E-state index in [1.54, 1.807) is 84.9 Å². The van der Waals surface area contributed by atoms with Gasteiger partial charge in [0.15, 0.2) is 5.78 Å². The summed E-state index contributed by atoms with van der Waals surface area (Å²) in [4.78, 5) is 71.5. The molecule has 0 bridgehead atoms. The smallest absolute Gasteiger partial charge is 0.257 e. The zero-order chi connectivity index (χ0) is 63.6. The molecule has 16 nitrogen and oxygen atoms in total. The number of benzene rings is 9. The number of nitrogen functional groups attached to an aromatic ring is 4. The molecule has 0 aliphatic carbocycles. The summed E-state index contributed by atoms with van der Waals surface area (Å²) in [5, 5.41) is 10.8. The second-order valence-corrected chi connectivity index (χ2v) is 21.1. The first-order chi connectivity index (χ1) is 41.3. The number of halogens is 5. The standard InChI is InChI=1S/C38H32Cl2N4O5.C12H12N2O.C8H3Cl3O2.C8H12N2/c1-21-18-35(22(2)17-34(21)41-4)44-37(47)25-6-16-31(33(40)20-25)38(48)43-27-9-13-29(14-10-27)49-28-11-7-26(8-12-28)42-36(46)24-5-15-30(23(3)45)32(39)19-24;13-9-1-5-11(6-2-9)15-12-7-3-10(14)4-8-12;9-6-3-4(7(10)12)1-2-5(6)8(11)13;1-5-3-8(10)6(2)4-7(5)9/h5-20,41H,1-4H3,(H,42,46)(H,43,48)(H,44,47);1-8H,13-14H2;1-3H;3-4H,9-10H2,1-2H3. The highest BCUT2D eigenvalue weighted by Gasteiger charge is 2.17. The molecule has 3 amide bonds. The zero-order valence-corrected chi connectivity index (χ0v) is 51.5. The van der Waals surface area contributed by atoms with Crippen LogP contribution in [0.2, 0.25) is 15.1 Å². The summed E-state index contributed by atoms with van der Waals surface area (Å²) in [6.45, 7) is 9.17. The Bertz CT molecular complexity index is 3910. The summed E-state index contributed by atoms with van der Waals surface area (Å²) < 4.78 is 11.5. The number of rotatable bonds is 14. The van der Waals surface area contributed by atoms with Crippen molar-refractivity contribution in [2.24, 2.45) is 0 Å². The van der Waals surface area contributed by atoms with E-state index < -0.39 is 16.4 Å². The van der Waals surface area contributed by atoms with Crippen molar-refractivity contribution in [1.29, 1.82) is 0 Å². The minimum atomic E-state index is -0.668. The van der Waals surface area contributed by atoms with Gasteiger partial charge in [-0.3, -0.25) is 28.8 Å². The summed E-state index contributed by atoms with van der Waals surface area (Å²) in [6.07, 6.45) is 0. The van der Waals surface area contributed by atoms with E-state index in [-0.39, 0.29) is 49.4 Å². The Morgan fingerprint density at radius 1 is 0.379 bits per heavy atom. The molecule has 0 aliphatic heterocycles. The van der Waals surface area contributed by atoms with E-state index in [2.05, 4.69) is 21.3 Å². The number of hydrogen-bond acceptors (Lipinski definition) is 13. The Morgan fingerprint density at radius 3 is 1.14 bits per heavy atom. The number of carbonyl (C=O) groups is 6. The molecule has 12 N–H and O–H groups in total. The molecular formula is C66H59Cl5N8O8. The molecule has 9 aromatic rings. The van der Waals surface area contributed by atoms with Crippen LogP contribution in [0.4, 0.5) is 45.5 Å². The summed E-state index contributed by atoms with van der Waals surface area (Å²) in [5.74, 6) is 1.24. The number of nitrogens with one attached hydrogen (secondary N) is 4. The van der Waals surface area contributed by atoms with Crippen molar-refractivity contribution in [3.63, 3.8) is 0 Å². The van der Waals surface area contributed by atoms with E-state index in [0.29, 0.717) is 45.3 Å². The van der Waals surface area contributed by atoms with Crippen molar-refractivity contribution in [2.45, 2.75) is 34.6 Å². The van der Waals surface area contributed by atoms with Gasteiger partial charge in [-0.1, -0.05) is 34.8 Å². The van der Waals surface area contributed by atoms with Crippen molar-refractivity contribution in [1.82, 2.24) is 0 Å². The maximum absolute atomic E-state index is 13.0. The van der Waals surface area contributed by atoms with Gasteiger partial charge in [0.05, 0.1) is 26.2 Å². The molecule has 446 valence electrons. The predicted octanol–water partition coefficient (Wildman–Crippen LogP) is 16.6. The lowest BCUT2D eigenvalue weighted by atomic mass is 10.1. The minimum absolute atomic E-state index is 0.117. The maximum Gasteiger partial charge on any atom is 0.257 e. The molecule has 0 fully saturated rings. The lowest BCUT2D eigenvalue weighted by Crippen LogP contribution is -2.15. The number of Topliss-reactive ketones (excluding diaryl/α,β-unsaturated/α-hetero) is 1. The quantitative estimate of drug-likeness (QED) is 0.0286. The third-order valence-corrected chi connectivity index (χ3v) is 14.1. The van der Waals surface area contributed by atoms with Crippen molar-refractivity contribution in [3.05, 3.63) is 247 Å². The Kier molecular flexibility index (Phi) is 23.7. The Labute approximate surface area is 528 Å². The average Bonchev–Trinajstić information content (AvgIpc) is 3.28. The predicted molar refractivity (Wildman–Crippen MR) is 354 cm³/mol. The van der Waals surface area contributed by atoms with Crippen LogP contribution in [0.5, 0.6) is 23.0 Å². The molecule has 9 rings (SSSR count). The van der Waals surface area contributed by atoms with Gasteiger partial charge < -0.3 is 53.7 Å². The van der Waals surface area contributed by atoms with Crippen LogP contribution in [0, 0.1) is 27.7 Å². The summed E-state index contributed by atoms with van der Waals surface area (Å²) in [7, 11) is 1.84.